The Hall–Kier alpha value is -2.12. The quantitative estimate of drug-likeness (QED) is 0.536. The van der Waals surface area contributed by atoms with Gasteiger partial charge in [-0.15, -0.1) is 0 Å². The van der Waals surface area contributed by atoms with Crippen molar-refractivity contribution < 1.29 is 17.9 Å². The molecule has 0 radical (unpaired) electrons. The molecule has 0 aliphatic rings. The number of ether oxygens (including phenoxy) is 1. The Balaban J connectivity index is 2.09. The van der Waals surface area contributed by atoms with Gasteiger partial charge in [0.25, 0.3) is 0 Å². The minimum atomic E-state index is -3.33. The number of halogens is 1. The summed E-state index contributed by atoms with van der Waals surface area (Å²) in [6.07, 6.45) is 3.18. The number of hydrogen-bond acceptors (Lipinski definition) is 4. The Morgan fingerprint density at radius 1 is 1.20 bits per heavy atom. The monoisotopic (exact) mass is 423 g/mol. The Morgan fingerprint density at radius 3 is 2.44 bits per heavy atom. The van der Waals surface area contributed by atoms with E-state index in [0.29, 0.717) is 17.0 Å². The summed E-state index contributed by atoms with van der Waals surface area (Å²) in [4.78, 5) is 12.2. The average Bonchev–Trinajstić information content (AvgIpc) is 2.60. The number of nitrogens with one attached hydrogen (secondary N) is 1. The van der Waals surface area contributed by atoms with Gasteiger partial charge in [0.2, 0.25) is 10.0 Å². The lowest BCUT2D eigenvalue weighted by atomic mass is 10.1. The van der Waals surface area contributed by atoms with E-state index in [1.807, 2.05) is 18.2 Å². The number of sulfonamides is 1. The third kappa shape index (κ3) is 5.44. The molecule has 0 atom stereocenters. The van der Waals surface area contributed by atoms with Crippen LogP contribution in [-0.2, 0) is 10.0 Å². The molecule has 0 aromatic heterocycles. The van der Waals surface area contributed by atoms with Crippen molar-refractivity contribution in [3.05, 3.63) is 64.1 Å². The van der Waals surface area contributed by atoms with Gasteiger partial charge in [0.1, 0.15) is 5.75 Å². The second kappa shape index (κ2) is 8.31. The minimum absolute atomic E-state index is 0.00611. The van der Waals surface area contributed by atoms with E-state index in [9.17, 15) is 13.2 Å². The van der Waals surface area contributed by atoms with Crippen LogP contribution in [-0.4, -0.2) is 27.1 Å². The zero-order valence-corrected chi connectivity index (χ0v) is 16.2. The molecule has 0 saturated heterocycles. The zero-order valence-electron chi connectivity index (χ0n) is 13.8. The van der Waals surface area contributed by atoms with Crippen LogP contribution in [0.25, 0.3) is 6.08 Å². The molecule has 0 heterocycles. The van der Waals surface area contributed by atoms with Crippen LogP contribution in [0.4, 0.5) is 5.69 Å². The second-order valence-corrected chi connectivity index (χ2v) is 8.04. The molecule has 0 bridgehead atoms. The average molecular weight is 424 g/mol. The van der Waals surface area contributed by atoms with Crippen LogP contribution >= 0.6 is 15.9 Å². The fourth-order valence-corrected chi connectivity index (χ4v) is 3.21. The van der Waals surface area contributed by atoms with Gasteiger partial charge in [0, 0.05) is 11.3 Å². The molecule has 132 valence electrons. The van der Waals surface area contributed by atoms with Gasteiger partial charge in [0.15, 0.2) is 5.78 Å². The Kier molecular flexibility index (Phi) is 6.39. The van der Waals surface area contributed by atoms with Crippen LogP contribution < -0.4 is 9.46 Å². The summed E-state index contributed by atoms with van der Waals surface area (Å²) in [5.74, 6) is 0.541. The lowest BCUT2D eigenvalue weighted by molar-refractivity contribution is 0.104. The van der Waals surface area contributed by atoms with Gasteiger partial charge in [-0.2, -0.15) is 0 Å². The van der Waals surface area contributed by atoms with E-state index in [-0.39, 0.29) is 11.5 Å². The van der Waals surface area contributed by atoms with Crippen molar-refractivity contribution in [2.45, 2.75) is 6.92 Å². The summed E-state index contributed by atoms with van der Waals surface area (Å²) in [5, 5.41) is 0. The number of benzene rings is 2. The lowest BCUT2D eigenvalue weighted by Gasteiger charge is -2.06. The smallest absolute Gasteiger partial charge is 0.232 e. The van der Waals surface area contributed by atoms with E-state index >= 15 is 0 Å². The minimum Gasteiger partial charge on any atom is -0.496 e. The van der Waals surface area contributed by atoms with Crippen LogP contribution in [0.5, 0.6) is 5.75 Å². The van der Waals surface area contributed by atoms with Crippen LogP contribution in [0.1, 0.15) is 22.8 Å². The van der Waals surface area contributed by atoms with Crippen molar-refractivity contribution in [2.24, 2.45) is 0 Å². The zero-order chi connectivity index (χ0) is 18.4. The fraction of sp³-hybridized carbons (Fsp3) is 0.167. The highest BCUT2D eigenvalue weighted by Crippen LogP contribution is 2.26. The predicted octanol–water partition coefficient (Wildman–Crippen LogP) is 4.12. The summed E-state index contributed by atoms with van der Waals surface area (Å²) in [5.41, 5.74) is 1.76. The number of allylic oxidation sites excluding steroid dienone is 1. The highest BCUT2D eigenvalue weighted by atomic mass is 79.9. The van der Waals surface area contributed by atoms with Gasteiger partial charge in [-0.25, -0.2) is 8.42 Å². The number of hydrogen-bond donors (Lipinski definition) is 1. The molecule has 7 heteroatoms. The van der Waals surface area contributed by atoms with Gasteiger partial charge < -0.3 is 4.74 Å². The van der Waals surface area contributed by atoms with Crippen molar-refractivity contribution >= 4 is 43.5 Å². The van der Waals surface area contributed by atoms with Crippen LogP contribution in [0.2, 0.25) is 0 Å². The first kappa shape index (κ1) is 19.2. The van der Waals surface area contributed by atoms with Crippen molar-refractivity contribution in [1.82, 2.24) is 0 Å². The molecule has 2 rings (SSSR count). The molecule has 0 unspecified atom stereocenters. The molecule has 0 spiro atoms. The first-order chi connectivity index (χ1) is 11.8. The largest absolute Gasteiger partial charge is 0.496 e. The van der Waals surface area contributed by atoms with Crippen molar-refractivity contribution in [2.75, 3.05) is 17.6 Å². The highest BCUT2D eigenvalue weighted by molar-refractivity contribution is 9.10. The van der Waals surface area contributed by atoms with Gasteiger partial charge in [-0.1, -0.05) is 12.1 Å². The topological polar surface area (TPSA) is 72.5 Å². The second-order valence-electron chi connectivity index (χ2n) is 5.17. The van der Waals surface area contributed by atoms with Gasteiger partial charge in [-0.3, -0.25) is 9.52 Å². The molecule has 1 N–H and O–H groups in total. The standard InChI is InChI=1S/C18H18BrNO4S/c1-3-25(22,23)20-15-8-6-14(7-9-15)17(21)10-4-13-5-11-18(24-2)16(19)12-13/h4-12,20H,3H2,1-2H3/b10-4+. The maximum atomic E-state index is 12.2. The van der Waals surface area contributed by atoms with Crippen molar-refractivity contribution in [3.8, 4) is 5.75 Å². The molecule has 0 aliphatic carbocycles. The molecule has 0 aliphatic heterocycles. The van der Waals surface area contributed by atoms with E-state index in [2.05, 4.69) is 20.7 Å². The van der Waals surface area contributed by atoms with Crippen molar-refractivity contribution in [1.29, 1.82) is 0 Å². The molecular weight excluding hydrogens is 406 g/mol. The summed E-state index contributed by atoms with van der Waals surface area (Å²) >= 11 is 3.40. The number of carbonyl (C=O) groups is 1. The van der Waals surface area contributed by atoms with Crippen LogP contribution in [0.15, 0.2) is 53.0 Å². The summed E-state index contributed by atoms with van der Waals surface area (Å²) in [6, 6.07) is 11.8. The third-order valence-corrected chi connectivity index (χ3v) is 5.35. The molecule has 5 nitrogen and oxygen atoms in total. The molecule has 0 fully saturated rings. The number of anilines is 1. The summed E-state index contributed by atoms with van der Waals surface area (Å²) in [6.45, 7) is 1.56. The maximum Gasteiger partial charge on any atom is 0.232 e. The maximum absolute atomic E-state index is 12.2. The summed E-state index contributed by atoms with van der Waals surface area (Å²) < 4.78 is 31.4. The van der Waals surface area contributed by atoms with E-state index in [1.165, 1.54) is 6.08 Å². The first-order valence-electron chi connectivity index (χ1n) is 7.51. The fourth-order valence-electron chi connectivity index (χ4n) is 2.01. The van der Waals surface area contributed by atoms with Crippen LogP contribution in [0, 0.1) is 0 Å². The van der Waals surface area contributed by atoms with Gasteiger partial charge >= 0.3 is 0 Å². The molecule has 2 aromatic carbocycles. The Bertz CT molecular complexity index is 890. The van der Waals surface area contributed by atoms with E-state index in [1.54, 1.807) is 44.4 Å². The SMILES string of the molecule is CCS(=O)(=O)Nc1ccc(C(=O)/C=C/c2ccc(OC)c(Br)c2)cc1. The number of carbonyl (C=O) groups excluding carboxylic acids is 1. The summed E-state index contributed by atoms with van der Waals surface area (Å²) in [7, 11) is -1.74. The number of rotatable bonds is 7. The normalized spacial score (nSPS) is 11.5. The van der Waals surface area contributed by atoms with E-state index < -0.39 is 10.0 Å². The third-order valence-electron chi connectivity index (χ3n) is 3.43. The van der Waals surface area contributed by atoms with Crippen LogP contribution in [0.3, 0.4) is 0 Å². The van der Waals surface area contributed by atoms with Gasteiger partial charge in [0.05, 0.1) is 17.3 Å². The lowest BCUT2D eigenvalue weighted by Crippen LogP contribution is -2.14. The number of ketones is 1. The molecule has 0 amide bonds. The highest BCUT2D eigenvalue weighted by Gasteiger charge is 2.08. The Morgan fingerprint density at radius 2 is 1.88 bits per heavy atom. The van der Waals surface area contributed by atoms with Crippen molar-refractivity contribution in [3.63, 3.8) is 0 Å². The molecular formula is C18H18BrNO4S. The molecule has 25 heavy (non-hydrogen) atoms. The number of methoxy groups -OCH3 is 1. The first-order valence-corrected chi connectivity index (χ1v) is 9.95. The molecule has 0 saturated carbocycles. The predicted molar refractivity (Wildman–Crippen MR) is 104 cm³/mol. The van der Waals surface area contributed by atoms with E-state index in [0.717, 1.165) is 10.0 Å². The Labute approximate surface area is 155 Å². The van der Waals surface area contributed by atoms with Gasteiger partial charge in [-0.05, 0) is 70.9 Å². The molecule has 2 aromatic rings. The van der Waals surface area contributed by atoms with E-state index in [4.69, 9.17) is 4.74 Å².